The van der Waals surface area contributed by atoms with Gasteiger partial charge in [-0.1, -0.05) is 18.5 Å². The van der Waals surface area contributed by atoms with Gasteiger partial charge >= 0.3 is 0 Å². The molecular formula is C12H11BrClNO2. The molecule has 0 aliphatic carbocycles. The Kier molecular flexibility index (Phi) is 3.54. The van der Waals surface area contributed by atoms with Crippen molar-refractivity contribution in [2.75, 3.05) is 4.90 Å². The molecule has 0 atom stereocenters. The lowest BCUT2D eigenvalue weighted by atomic mass is 9.97. The molecule has 0 N–H and O–H groups in total. The molecule has 5 heteroatoms. The van der Waals surface area contributed by atoms with Crippen LogP contribution in [-0.4, -0.2) is 11.8 Å². The molecule has 1 aliphatic rings. The molecule has 17 heavy (non-hydrogen) atoms. The molecule has 1 aromatic carbocycles. The maximum absolute atomic E-state index is 11.9. The van der Waals surface area contributed by atoms with Crippen LogP contribution in [0.25, 0.3) is 0 Å². The second kappa shape index (κ2) is 4.78. The van der Waals surface area contributed by atoms with Gasteiger partial charge in [0.1, 0.15) is 0 Å². The number of nitrogens with zero attached hydrogens (tertiary/aromatic N) is 1. The van der Waals surface area contributed by atoms with Crippen LogP contribution in [0.3, 0.4) is 0 Å². The number of benzene rings is 1. The van der Waals surface area contributed by atoms with Gasteiger partial charge in [0, 0.05) is 22.3 Å². The maximum atomic E-state index is 11.9. The van der Waals surface area contributed by atoms with Crippen LogP contribution in [0, 0.1) is 5.92 Å². The van der Waals surface area contributed by atoms with E-state index in [2.05, 4.69) is 15.9 Å². The molecular weight excluding hydrogens is 305 g/mol. The second-order valence-electron chi connectivity index (χ2n) is 4.23. The highest BCUT2D eigenvalue weighted by Crippen LogP contribution is 2.33. The van der Waals surface area contributed by atoms with Crippen LogP contribution in [0.2, 0.25) is 5.02 Å². The van der Waals surface area contributed by atoms with Gasteiger partial charge in [-0.15, -0.1) is 0 Å². The number of hydrogen-bond donors (Lipinski definition) is 0. The number of hydrogen-bond acceptors (Lipinski definition) is 2. The van der Waals surface area contributed by atoms with Crippen molar-refractivity contribution in [3.8, 4) is 0 Å². The number of piperidine rings is 1. The first-order chi connectivity index (χ1) is 7.99. The maximum Gasteiger partial charge on any atom is 0.234 e. The molecule has 1 fully saturated rings. The topological polar surface area (TPSA) is 37.4 Å². The summed E-state index contributed by atoms with van der Waals surface area (Å²) in [6.07, 6.45) is 0.787. The van der Waals surface area contributed by atoms with E-state index in [0.29, 0.717) is 28.0 Å². The van der Waals surface area contributed by atoms with Gasteiger partial charge in [-0.2, -0.15) is 0 Å². The lowest BCUT2D eigenvalue weighted by Gasteiger charge is -2.29. The first-order valence-electron chi connectivity index (χ1n) is 5.30. The van der Waals surface area contributed by atoms with Crippen molar-refractivity contribution in [2.24, 2.45) is 5.92 Å². The van der Waals surface area contributed by atoms with Crippen LogP contribution >= 0.6 is 27.5 Å². The first-order valence-corrected chi connectivity index (χ1v) is 6.47. The van der Waals surface area contributed by atoms with E-state index in [-0.39, 0.29) is 17.7 Å². The normalized spacial score (nSPS) is 17.7. The van der Waals surface area contributed by atoms with Crippen molar-refractivity contribution in [1.82, 2.24) is 0 Å². The molecule has 0 aromatic heterocycles. The predicted molar refractivity (Wildman–Crippen MR) is 70.0 cm³/mol. The minimum Gasteiger partial charge on any atom is -0.274 e. The summed E-state index contributed by atoms with van der Waals surface area (Å²) in [5.41, 5.74) is 0.527. The Morgan fingerprint density at radius 3 is 2.47 bits per heavy atom. The van der Waals surface area contributed by atoms with Crippen molar-refractivity contribution < 1.29 is 9.59 Å². The standard InChI is InChI=1S/C12H11BrClNO2/c1-7-4-11(16)15(12(17)5-7)10-6-8(14)2-3-9(10)13/h2-3,6-7H,4-5H2,1H3. The number of imide groups is 1. The fraction of sp³-hybridized carbons (Fsp3) is 0.333. The first kappa shape index (κ1) is 12.6. The van der Waals surface area contributed by atoms with Gasteiger partial charge in [0.2, 0.25) is 11.8 Å². The molecule has 3 nitrogen and oxygen atoms in total. The Labute approximate surface area is 113 Å². The van der Waals surface area contributed by atoms with E-state index >= 15 is 0 Å². The molecule has 1 heterocycles. The van der Waals surface area contributed by atoms with Crippen molar-refractivity contribution in [1.29, 1.82) is 0 Å². The van der Waals surface area contributed by atoms with Crippen LogP contribution in [0.5, 0.6) is 0 Å². The van der Waals surface area contributed by atoms with Gasteiger partial charge in [-0.25, -0.2) is 4.90 Å². The summed E-state index contributed by atoms with van der Waals surface area (Å²) in [7, 11) is 0. The Balaban J connectivity index is 2.41. The third kappa shape index (κ3) is 2.53. The van der Waals surface area contributed by atoms with E-state index in [1.54, 1.807) is 18.2 Å². The average molecular weight is 317 g/mol. The average Bonchev–Trinajstić information content (AvgIpc) is 2.21. The van der Waals surface area contributed by atoms with Gasteiger partial charge in [0.15, 0.2) is 0 Å². The summed E-state index contributed by atoms with van der Waals surface area (Å²) in [4.78, 5) is 25.1. The zero-order valence-corrected chi connectivity index (χ0v) is 11.6. The van der Waals surface area contributed by atoms with Crippen molar-refractivity contribution in [3.63, 3.8) is 0 Å². The van der Waals surface area contributed by atoms with Crippen LogP contribution in [-0.2, 0) is 9.59 Å². The highest BCUT2D eigenvalue weighted by molar-refractivity contribution is 9.10. The van der Waals surface area contributed by atoms with Crippen LogP contribution in [0.4, 0.5) is 5.69 Å². The number of anilines is 1. The predicted octanol–water partition coefficient (Wildman–Crippen LogP) is 3.39. The minimum atomic E-state index is -0.170. The Morgan fingerprint density at radius 2 is 1.88 bits per heavy atom. The molecule has 0 unspecified atom stereocenters. The number of carbonyl (C=O) groups is 2. The molecule has 2 amide bonds. The zero-order chi connectivity index (χ0) is 12.6. The fourth-order valence-corrected chi connectivity index (χ4v) is 2.51. The number of carbonyl (C=O) groups excluding carboxylic acids is 2. The summed E-state index contributed by atoms with van der Waals surface area (Å²) < 4.78 is 0.693. The lowest BCUT2D eigenvalue weighted by Crippen LogP contribution is -2.43. The van der Waals surface area contributed by atoms with E-state index in [1.807, 2.05) is 6.92 Å². The summed E-state index contributed by atoms with van der Waals surface area (Å²) in [5.74, 6) is -0.224. The monoisotopic (exact) mass is 315 g/mol. The van der Waals surface area contributed by atoms with Crippen molar-refractivity contribution in [3.05, 3.63) is 27.7 Å². The molecule has 2 rings (SSSR count). The van der Waals surface area contributed by atoms with Gasteiger partial charge < -0.3 is 0 Å². The smallest absolute Gasteiger partial charge is 0.234 e. The van der Waals surface area contributed by atoms with Gasteiger partial charge in [0.25, 0.3) is 0 Å². The van der Waals surface area contributed by atoms with Gasteiger partial charge in [-0.05, 0) is 40.0 Å². The quantitative estimate of drug-likeness (QED) is 0.745. The highest BCUT2D eigenvalue weighted by Gasteiger charge is 2.32. The van der Waals surface area contributed by atoms with Crippen molar-refractivity contribution in [2.45, 2.75) is 19.8 Å². The fourth-order valence-electron chi connectivity index (χ4n) is 1.92. The van der Waals surface area contributed by atoms with Gasteiger partial charge in [0.05, 0.1) is 5.69 Å². The lowest BCUT2D eigenvalue weighted by molar-refractivity contribution is -0.130. The third-order valence-electron chi connectivity index (χ3n) is 2.69. The van der Waals surface area contributed by atoms with Gasteiger partial charge in [-0.3, -0.25) is 9.59 Å². The summed E-state index contributed by atoms with van der Waals surface area (Å²) >= 11 is 9.22. The van der Waals surface area contributed by atoms with Crippen molar-refractivity contribution >= 4 is 45.0 Å². The molecule has 0 saturated carbocycles. The molecule has 0 bridgehead atoms. The molecule has 1 aromatic rings. The second-order valence-corrected chi connectivity index (χ2v) is 5.52. The van der Waals surface area contributed by atoms with E-state index in [9.17, 15) is 9.59 Å². The third-order valence-corrected chi connectivity index (χ3v) is 3.60. The summed E-state index contributed by atoms with van der Waals surface area (Å²) in [6.45, 7) is 1.90. The number of halogens is 2. The number of amides is 2. The van der Waals surface area contributed by atoms with Crippen LogP contribution < -0.4 is 4.90 Å². The largest absolute Gasteiger partial charge is 0.274 e. The molecule has 0 spiro atoms. The van der Waals surface area contributed by atoms with Crippen LogP contribution in [0.1, 0.15) is 19.8 Å². The molecule has 1 saturated heterocycles. The zero-order valence-electron chi connectivity index (χ0n) is 9.24. The number of rotatable bonds is 1. The van der Waals surface area contributed by atoms with E-state index in [4.69, 9.17) is 11.6 Å². The van der Waals surface area contributed by atoms with E-state index in [0.717, 1.165) is 0 Å². The SMILES string of the molecule is CC1CC(=O)N(c2cc(Cl)ccc2Br)C(=O)C1. The molecule has 90 valence electrons. The minimum absolute atomic E-state index is 0.115. The van der Waals surface area contributed by atoms with Crippen LogP contribution in [0.15, 0.2) is 22.7 Å². The summed E-state index contributed by atoms with van der Waals surface area (Å²) in [5, 5.41) is 0.502. The summed E-state index contributed by atoms with van der Waals surface area (Å²) in [6, 6.07) is 5.06. The molecule has 0 radical (unpaired) electrons. The molecule has 1 aliphatic heterocycles. The Morgan fingerprint density at radius 1 is 1.29 bits per heavy atom. The highest BCUT2D eigenvalue weighted by atomic mass is 79.9. The Hall–Kier alpha value is -0.870. The van der Waals surface area contributed by atoms with E-state index < -0.39 is 0 Å². The van der Waals surface area contributed by atoms with E-state index in [1.165, 1.54) is 4.90 Å². The Bertz CT molecular complexity index is 471.